The number of hydrogen-bond donors (Lipinski definition) is 2. The zero-order chi connectivity index (χ0) is 20.6. The van der Waals surface area contributed by atoms with Gasteiger partial charge >= 0.3 is 0 Å². The summed E-state index contributed by atoms with van der Waals surface area (Å²) in [6.07, 6.45) is 6.10. The quantitative estimate of drug-likeness (QED) is 0.756. The van der Waals surface area contributed by atoms with Crippen LogP contribution in [0.3, 0.4) is 0 Å². The van der Waals surface area contributed by atoms with Crippen molar-refractivity contribution < 1.29 is 29.0 Å². The van der Waals surface area contributed by atoms with Crippen LogP contribution in [0.4, 0.5) is 4.39 Å². The Morgan fingerprint density at radius 1 is 1.32 bits per heavy atom. The molecule has 7 atom stereocenters. The van der Waals surface area contributed by atoms with Crippen molar-refractivity contribution in [2.45, 2.75) is 39.2 Å². The number of Topliss-reactive ketones (excluding diaryl/α,β-unsaturated/α-hetero) is 2. The molecule has 1 unspecified atom stereocenters. The zero-order valence-corrected chi connectivity index (χ0v) is 16.2. The topological polar surface area (TPSA) is 91.7 Å². The van der Waals surface area contributed by atoms with Gasteiger partial charge in [-0.3, -0.25) is 14.4 Å². The minimum absolute atomic E-state index is 0.0223. The normalized spacial score (nSPS) is 47.1. The molecule has 6 heteroatoms. The van der Waals surface area contributed by atoms with Crippen LogP contribution in [0, 0.1) is 34.5 Å². The summed E-state index contributed by atoms with van der Waals surface area (Å²) in [5.41, 5.74) is -3.61. The van der Waals surface area contributed by atoms with Gasteiger partial charge in [-0.15, -0.1) is 0 Å². The van der Waals surface area contributed by atoms with Crippen LogP contribution in [0.2, 0.25) is 0 Å². The van der Waals surface area contributed by atoms with E-state index in [9.17, 15) is 24.6 Å². The van der Waals surface area contributed by atoms with Gasteiger partial charge in [0.05, 0.1) is 0 Å². The van der Waals surface area contributed by atoms with Crippen LogP contribution in [0.5, 0.6) is 0 Å². The highest BCUT2D eigenvalue weighted by Crippen LogP contribution is 2.66. The SMILES string of the molecule is CC1C[C@H]2[C@@H]3C=C(F)C4=CC(=O)C=C[C@]4(C)[C@H]3C(=O)C[C@]2(C)[C@@]1(O)C(=O)CO. The number of fused-ring (bicyclic) bond motifs is 5. The minimum Gasteiger partial charge on any atom is -0.388 e. The highest BCUT2D eigenvalue weighted by molar-refractivity contribution is 6.02. The van der Waals surface area contributed by atoms with E-state index in [1.165, 1.54) is 18.2 Å². The van der Waals surface area contributed by atoms with Crippen LogP contribution in [0.25, 0.3) is 0 Å². The number of hydrogen-bond acceptors (Lipinski definition) is 5. The van der Waals surface area contributed by atoms with E-state index < -0.39 is 52.4 Å². The van der Waals surface area contributed by atoms with Crippen molar-refractivity contribution in [1.29, 1.82) is 0 Å². The summed E-state index contributed by atoms with van der Waals surface area (Å²) in [7, 11) is 0. The van der Waals surface area contributed by atoms with Crippen molar-refractivity contribution in [1.82, 2.24) is 0 Å². The van der Waals surface area contributed by atoms with Crippen molar-refractivity contribution in [2.75, 3.05) is 6.61 Å². The second-order valence-corrected chi connectivity index (χ2v) is 9.30. The third-order valence-corrected chi connectivity index (χ3v) is 8.02. The molecular formula is C22H25FO5. The number of rotatable bonds is 2. The lowest BCUT2D eigenvalue weighted by Gasteiger charge is -2.55. The molecule has 0 spiro atoms. The van der Waals surface area contributed by atoms with Crippen molar-refractivity contribution in [3.05, 3.63) is 35.7 Å². The second-order valence-electron chi connectivity index (χ2n) is 9.30. The number of carbonyl (C=O) groups is 3. The highest BCUT2D eigenvalue weighted by atomic mass is 19.1. The van der Waals surface area contributed by atoms with Crippen LogP contribution >= 0.6 is 0 Å². The number of ketones is 3. The molecule has 4 aliphatic carbocycles. The molecule has 0 radical (unpaired) electrons. The molecule has 0 bridgehead atoms. The van der Waals surface area contributed by atoms with E-state index in [4.69, 9.17) is 0 Å². The van der Waals surface area contributed by atoms with E-state index in [1.807, 2.05) is 0 Å². The number of allylic oxidation sites excluding steroid dienone is 6. The van der Waals surface area contributed by atoms with Crippen LogP contribution in [-0.4, -0.2) is 39.8 Å². The Bertz CT molecular complexity index is 885. The molecule has 0 aromatic carbocycles. The summed E-state index contributed by atoms with van der Waals surface area (Å²) in [5.74, 6) is -3.47. The third-order valence-electron chi connectivity index (χ3n) is 8.02. The Labute approximate surface area is 163 Å². The van der Waals surface area contributed by atoms with E-state index in [-0.39, 0.29) is 29.5 Å². The van der Waals surface area contributed by atoms with E-state index in [2.05, 4.69) is 0 Å². The Hall–Kier alpha value is -1.92. The largest absolute Gasteiger partial charge is 0.388 e. The predicted molar refractivity (Wildman–Crippen MR) is 98.6 cm³/mol. The number of aliphatic hydroxyl groups excluding tert-OH is 1. The molecule has 4 aliphatic rings. The maximum absolute atomic E-state index is 15.1. The lowest BCUT2D eigenvalue weighted by Crippen LogP contribution is -2.61. The average Bonchev–Trinajstić information content (AvgIpc) is 2.83. The predicted octanol–water partition coefficient (Wildman–Crippen LogP) is 2.09. The lowest BCUT2D eigenvalue weighted by molar-refractivity contribution is -0.170. The molecule has 2 saturated carbocycles. The minimum atomic E-state index is -1.83. The number of carbonyl (C=O) groups excluding carboxylic acids is 3. The first-order valence-electron chi connectivity index (χ1n) is 9.73. The molecule has 0 aromatic rings. The summed E-state index contributed by atoms with van der Waals surface area (Å²) in [6, 6.07) is 0. The molecule has 4 rings (SSSR count). The molecule has 28 heavy (non-hydrogen) atoms. The molecule has 0 amide bonds. The first-order chi connectivity index (χ1) is 13.0. The highest BCUT2D eigenvalue weighted by Gasteiger charge is 2.70. The van der Waals surface area contributed by atoms with Gasteiger partial charge in [-0.1, -0.05) is 26.8 Å². The molecule has 2 N–H and O–H groups in total. The summed E-state index contributed by atoms with van der Waals surface area (Å²) in [5, 5.41) is 20.8. The van der Waals surface area contributed by atoms with Crippen LogP contribution < -0.4 is 0 Å². The summed E-state index contributed by atoms with van der Waals surface area (Å²) in [6.45, 7) is 4.43. The van der Waals surface area contributed by atoms with Gasteiger partial charge in [0.1, 0.15) is 23.8 Å². The molecule has 0 heterocycles. The number of halogens is 1. The first kappa shape index (κ1) is 19.4. The van der Waals surface area contributed by atoms with Gasteiger partial charge in [0.2, 0.25) is 0 Å². The molecule has 150 valence electrons. The molecular weight excluding hydrogens is 363 g/mol. The average molecular weight is 388 g/mol. The Morgan fingerprint density at radius 3 is 2.64 bits per heavy atom. The van der Waals surface area contributed by atoms with Crippen molar-refractivity contribution in [2.24, 2.45) is 34.5 Å². The van der Waals surface area contributed by atoms with Gasteiger partial charge in [-0.25, -0.2) is 4.39 Å². The van der Waals surface area contributed by atoms with Crippen LogP contribution in [0.15, 0.2) is 35.7 Å². The standard InChI is InChI=1S/C22H25FO5/c1-11-6-14-13-8-16(23)15-7-12(25)4-5-20(15,2)19(13)17(26)9-21(14,3)22(11,28)18(27)10-24/h4-5,7-8,11,13-14,19,24,28H,6,9-10H2,1-3H3/t11?,13-,14-,19+,20-,21-,22-/m0/s1. The summed E-state index contributed by atoms with van der Waals surface area (Å²) in [4.78, 5) is 37.6. The first-order valence-corrected chi connectivity index (χ1v) is 9.73. The van der Waals surface area contributed by atoms with Gasteiger partial charge in [0.15, 0.2) is 11.6 Å². The zero-order valence-electron chi connectivity index (χ0n) is 16.2. The Morgan fingerprint density at radius 2 is 2.00 bits per heavy atom. The van der Waals surface area contributed by atoms with Gasteiger partial charge in [0, 0.05) is 28.7 Å². The van der Waals surface area contributed by atoms with E-state index in [0.717, 1.165) is 0 Å². The van der Waals surface area contributed by atoms with Crippen LogP contribution in [0.1, 0.15) is 33.6 Å². The fourth-order valence-corrected chi connectivity index (χ4v) is 6.63. The fraction of sp³-hybridized carbons (Fsp3) is 0.591. The molecule has 0 aliphatic heterocycles. The van der Waals surface area contributed by atoms with Gasteiger partial charge in [-0.05, 0) is 42.4 Å². The maximum Gasteiger partial charge on any atom is 0.190 e. The number of aliphatic hydroxyl groups is 2. The lowest BCUT2D eigenvalue weighted by atomic mass is 9.48. The van der Waals surface area contributed by atoms with Gasteiger partial charge in [-0.2, -0.15) is 0 Å². The Balaban J connectivity index is 1.88. The summed E-state index contributed by atoms with van der Waals surface area (Å²) < 4.78 is 15.1. The third kappa shape index (κ3) is 2.10. The smallest absolute Gasteiger partial charge is 0.190 e. The second kappa shape index (κ2) is 5.80. The van der Waals surface area contributed by atoms with E-state index in [0.29, 0.717) is 6.42 Å². The van der Waals surface area contributed by atoms with Gasteiger partial charge in [0.25, 0.3) is 0 Å². The van der Waals surface area contributed by atoms with Gasteiger partial charge < -0.3 is 10.2 Å². The molecule has 5 nitrogen and oxygen atoms in total. The van der Waals surface area contributed by atoms with E-state index in [1.54, 1.807) is 26.8 Å². The monoisotopic (exact) mass is 388 g/mol. The Kier molecular flexibility index (Phi) is 4.02. The maximum atomic E-state index is 15.1. The fourth-order valence-electron chi connectivity index (χ4n) is 6.63. The summed E-state index contributed by atoms with van der Waals surface area (Å²) >= 11 is 0. The van der Waals surface area contributed by atoms with E-state index >= 15 is 4.39 Å². The van der Waals surface area contributed by atoms with Crippen molar-refractivity contribution >= 4 is 17.3 Å². The molecule has 0 aromatic heterocycles. The van der Waals surface area contributed by atoms with Crippen molar-refractivity contribution in [3.63, 3.8) is 0 Å². The molecule has 2 fully saturated rings. The van der Waals surface area contributed by atoms with Crippen LogP contribution in [-0.2, 0) is 14.4 Å². The van der Waals surface area contributed by atoms with Crippen molar-refractivity contribution in [3.8, 4) is 0 Å². The molecule has 0 saturated heterocycles.